The molecule has 278 valence electrons. The third-order valence-electron chi connectivity index (χ3n) is 10.7. The molecule has 2 bridgehead atoms. The number of phenols is 1. The number of aromatic nitrogens is 4. The number of piperazine rings is 1. The predicted molar refractivity (Wildman–Crippen MR) is 198 cm³/mol. The first-order chi connectivity index (χ1) is 26.1. The third-order valence-corrected chi connectivity index (χ3v) is 11.4. The van der Waals surface area contributed by atoms with E-state index >= 15 is 4.39 Å². The Hall–Kier alpha value is -5.33. The first kappa shape index (κ1) is 35.7. The topological polar surface area (TPSA) is 108 Å². The summed E-state index contributed by atoms with van der Waals surface area (Å²) in [5.74, 6) is -0.613. The molecule has 4 saturated heterocycles. The Labute approximate surface area is 312 Å². The van der Waals surface area contributed by atoms with Gasteiger partial charge in [-0.25, -0.2) is 22.5 Å². The monoisotopic (exact) mass is 757 g/mol. The summed E-state index contributed by atoms with van der Waals surface area (Å²) in [6, 6.07) is 5.19. The fraction of sp³-hybridized carbons (Fsp3) is 0.359. The number of halogens is 4. The molecule has 4 aliphatic rings. The smallest absolute Gasteiger partial charge is 0.318 e. The zero-order valence-electron chi connectivity index (χ0n) is 29.2. The second kappa shape index (κ2) is 14.5. The standard InChI is InChI=1S/C32H23F3N6O3S.C7H12FN/c1-3-20-23(33)7-4-16-10-19(42)11-21(26(16)20)28-27(35)29-22(13-37-28)30(39-32(38-29)44-2)40-14-17-5-6-18(15-40)41(17)31(43)24(34)12-25-36-8-9-45-25;8-6-4-7-2-1-3-9(7)5-6/h1,4,7-13,17-18,42H,5-6,14-15H2,2H3;6-7H,1-5H2/b24-12-;. The normalized spacial score (nSPS) is 22.3. The van der Waals surface area contributed by atoms with Crippen LogP contribution < -0.4 is 9.64 Å². The number of amides is 1. The van der Waals surface area contributed by atoms with Crippen LogP contribution >= 0.6 is 11.3 Å². The van der Waals surface area contributed by atoms with E-state index < -0.39 is 29.5 Å². The number of alkyl halides is 1. The van der Waals surface area contributed by atoms with Crippen molar-refractivity contribution >= 4 is 50.8 Å². The maximum atomic E-state index is 16.4. The number of thiazole rings is 1. The van der Waals surface area contributed by atoms with Gasteiger partial charge in [0.2, 0.25) is 0 Å². The number of carbonyl (C=O) groups is 1. The summed E-state index contributed by atoms with van der Waals surface area (Å²) in [5.41, 5.74) is -0.310. The quantitative estimate of drug-likeness (QED) is 0.120. The lowest BCUT2D eigenvalue weighted by atomic mass is 9.96. The summed E-state index contributed by atoms with van der Waals surface area (Å²) < 4.78 is 64.0. The number of carbonyl (C=O) groups excluding carboxylic acids is 1. The van der Waals surface area contributed by atoms with Crippen LogP contribution in [0.2, 0.25) is 0 Å². The van der Waals surface area contributed by atoms with Gasteiger partial charge < -0.3 is 19.6 Å². The summed E-state index contributed by atoms with van der Waals surface area (Å²) in [7, 11) is 1.35. The highest BCUT2D eigenvalue weighted by Crippen LogP contribution is 2.40. The highest BCUT2D eigenvalue weighted by molar-refractivity contribution is 7.10. The second-order valence-electron chi connectivity index (χ2n) is 13.9. The van der Waals surface area contributed by atoms with E-state index in [2.05, 4.69) is 30.8 Å². The number of nitrogens with zero attached hydrogens (tertiary/aromatic N) is 7. The van der Waals surface area contributed by atoms with Gasteiger partial charge in [-0.3, -0.25) is 14.7 Å². The molecule has 54 heavy (non-hydrogen) atoms. The number of ether oxygens (including phenoxy) is 1. The van der Waals surface area contributed by atoms with Crippen molar-refractivity contribution in [1.29, 1.82) is 0 Å². The molecule has 4 atom stereocenters. The fourth-order valence-corrected chi connectivity index (χ4v) is 8.88. The average Bonchev–Trinajstić information content (AvgIpc) is 3.96. The summed E-state index contributed by atoms with van der Waals surface area (Å²) in [5, 5.41) is 13.4. The van der Waals surface area contributed by atoms with Gasteiger partial charge in [0.15, 0.2) is 11.6 Å². The molecule has 0 saturated carbocycles. The van der Waals surface area contributed by atoms with Gasteiger partial charge in [0.25, 0.3) is 5.91 Å². The van der Waals surface area contributed by atoms with Crippen molar-refractivity contribution in [3.8, 4) is 35.4 Å². The Balaban J connectivity index is 0.000000399. The first-order valence-electron chi connectivity index (χ1n) is 17.7. The van der Waals surface area contributed by atoms with Gasteiger partial charge >= 0.3 is 6.01 Å². The van der Waals surface area contributed by atoms with Crippen molar-refractivity contribution < 1.29 is 32.2 Å². The van der Waals surface area contributed by atoms with Gasteiger partial charge in [0, 0.05) is 60.5 Å². The number of hydrogen-bond acceptors (Lipinski definition) is 10. The minimum absolute atomic E-state index is 0.0916. The van der Waals surface area contributed by atoms with Gasteiger partial charge in [0.1, 0.15) is 39.8 Å². The molecule has 0 spiro atoms. The van der Waals surface area contributed by atoms with Crippen LogP contribution in [0.25, 0.3) is 39.0 Å². The van der Waals surface area contributed by atoms with Crippen LogP contribution in [0.4, 0.5) is 23.4 Å². The van der Waals surface area contributed by atoms with Crippen molar-refractivity contribution in [3.63, 3.8) is 0 Å². The Bertz CT molecular complexity index is 2310. The van der Waals surface area contributed by atoms with Gasteiger partial charge in [-0.15, -0.1) is 17.8 Å². The van der Waals surface area contributed by atoms with E-state index in [1.807, 2.05) is 4.90 Å². The Kier molecular flexibility index (Phi) is 9.57. The Morgan fingerprint density at radius 2 is 1.89 bits per heavy atom. The van der Waals surface area contributed by atoms with Crippen LogP contribution in [0.15, 0.2) is 47.9 Å². The number of benzene rings is 2. The van der Waals surface area contributed by atoms with Crippen LogP contribution in [0.1, 0.15) is 42.7 Å². The van der Waals surface area contributed by atoms with Crippen LogP contribution in [0, 0.1) is 24.0 Å². The molecule has 10 nitrogen and oxygen atoms in total. The molecule has 1 amide bonds. The van der Waals surface area contributed by atoms with E-state index in [9.17, 15) is 23.1 Å². The summed E-state index contributed by atoms with van der Waals surface area (Å²) in [4.78, 5) is 36.1. The lowest BCUT2D eigenvalue weighted by molar-refractivity contribution is -0.131. The molecule has 0 radical (unpaired) electrons. The summed E-state index contributed by atoms with van der Waals surface area (Å²) >= 11 is 1.23. The van der Waals surface area contributed by atoms with E-state index in [0.29, 0.717) is 54.7 Å². The molecular formula is C39H35F4N7O3S. The van der Waals surface area contributed by atoms with Gasteiger partial charge in [-0.1, -0.05) is 12.0 Å². The van der Waals surface area contributed by atoms with Gasteiger partial charge in [0.05, 0.1) is 30.1 Å². The molecular weight excluding hydrogens is 723 g/mol. The zero-order valence-corrected chi connectivity index (χ0v) is 30.0. The van der Waals surface area contributed by atoms with Crippen LogP contribution in [-0.2, 0) is 4.79 Å². The number of anilines is 1. The summed E-state index contributed by atoms with van der Waals surface area (Å²) in [6.07, 6.45) is 13.8. The average molecular weight is 758 g/mol. The van der Waals surface area contributed by atoms with Crippen LogP contribution in [0.5, 0.6) is 11.8 Å². The Morgan fingerprint density at radius 1 is 1.09 bits per heavy atom. The number of hydrogen-bond donors (Lipinski definition) is 1. The second-order valence-corrected chi connectivity index (χ2v) is 14.8. The number of phenolic OH excluding ortho intramolecular Hbond substituents is 1. The molecule has 15 heteroatoms. The summed E-state index contributed by atoms with van der Waals surface area (Å²) in [6.45, 7) is 2.48. The van der Waals surface area contributed by atoms with Gasteiger partial charge in [-0.2, -0.15) is 9.97 Å². The van der Waals surface area contributed by atoms with E-state index in [-0.39, 0.29) is 57.0 Å². The number of terminal acetylenes is 1. The maximum absolute atomic E-state index is 16.4. The third kappa shape index (κ3) is 6.47. The minimum atomic E-state index is -0.879. The number of rotatable bonds is 5. The molecule has 2 aromatic carbocycles. The molecule has 7 heterocycles. The number of methoxy groups -OCH3 is 1. The van der Waals surface area contributed by atoms with Crippen molar-refractivity contribution in [2.45, 2.75) is 56.4 Å². The molecule has 3 aromatic heterocycles. The van der Waals surface area contributed by atoms with Gasteiger partial charge in [-0.05, 0) is 62.2 Å². The van der Waals surface area contributed by atoms with Crippen molar-refractivity contribution in [1.82, 2.24) is 29.7 Å². The van der Waals surface area contributed by atoms with E-state index in [0.717, 1.165) is 19.0 Å². The van der Waals surface area contributed by atoms with Crippen molar-refractivity contribution in [2.75, 3.05) is 38.2 Å². The highest BCUT2D eigenvalue weighted by Gasteiger charge is 2.44. The van der Waals surface area contributed by atoms with Crippen LogP contribution in [-0.4, -0.2) is 98.3 Å². The first-order valence-corrected chi connectivity index (χ1v) is 18.6. The number of aromatic hydroxyl groups is 1. The van der Waals surface area contributed by atoms with E-state index in [1.165, 1.54) is 67.9 Å². The zero-order chi connectivity index (χ0) is 37.7. The SMILES string of the molecule is C#Cc1c(F)ccc2cc(O)cc(-c3ncc4c(N5CC6CCC(C5)N6C(=O)/C(F)=C/c5nccs5)nc(OC)nc4c3F)c12.FC1CC2CCCN2C1. The lowest BCUT2D eigenvalue weighted by Crippen LogP contribution is -2.56. The fourth-order valence-electron chi connectivity index (χ4n) is 8.33. The predicted octanol–water partition coefficient (Wildman–Crippen LogP) is 6.66. The lowest BCUT2D eigenvalue weighted by Gasteiger charge is -2.41. The molecule has 0 aliphatic carbocycles. The molecule has 4 aliphatic heterocycles. The molecule has 4 unspecified atom stereocenters. The number of pyridine rings is 1. The van der Waals surface area contributed by atoms with Crippen LogP contribution in [0.3, 0.4) is 0 Å². The largest absolute Gasteiger partial charge is 0.508 e. The highest BCUT2D eigenvalue weighted by atomic mass is 32.1. The minimum Gasteiger partial charge on any atom is -0.508 e. The molecule has 9 rings (SSSR count). The number of fused-ring (bicyclic) bond motifs is 5. The van der Waals surface area contributed by atoms with E-state index in [1.54, 1.807) is 10.3 Å². The van der Waals surface area contributed by atoms with Crippen molar-refractivity contribution in [2.24, 2.45) is 0 Å². The van der Waals surface area contributed by atoms with Crippen molar-refractivity contribution in [3.05, 3.63) is 70.1 Å². The molecule has 4 fully saturated rings. The molecule has 1 N–H and O–H groups in total. The Morgan fingerprint density at radius 3 is 2.59 bits per heavy atom. The van der Waals surface area contributed by atoms with E-state index in [4.69, 9.17) is 11.2 Å². The maximum Gasteiger partial charge on any atom is 0.318 e. The molecule has 5 aromatic rings.